The van der Waals surface area contributed by atoms with Crippen LogP contribution in [-0.2, 0) is 21.9 Å². The highest BCUT2D eigenvalue weighted by atomic mass is 19.4. The van der Waals surface area contributed by atoms with E-state index in [1.807, 2.05) is 30.0 Å². The molecule has 0 aliphatic carbocycles. The summed E-state index contributed by atoms with van der Waals surface area (Å²) in [5.41, 5.74) is -4.08. The molecule has 0 saturated carbocycles. The molecule has 2 heterocycles. The number of piperidine rings is 1. The van der Waals surface area contributed by atoms with Crippen LogP contribution >= 0.6 is 0 Å². The van der Waals surface area contributed by atoms with Gasteiger partial charge in [0.1, 0.15) is 12.1 Å². The predicted octanol–water partition coefficient (Wildman–Crippen LogP) is 5.31. The Balaban J connectivity index is 1.50. The zero-order valence-electron chi connectivity index (χ0n) is 22.8. The summed E-state index contributed by atoms with van der Waals surface area (Å²) in [7, 11) is 0. The van der Waals surface area contributed by atoms with Crippen LogP contribution in [0.2, 0.25) is 0 Å². The number of nitrogens with zero attached hydrogens (tertiary/aromatic N) is 3. The number of amides is 4. The Kier molecular flexibility index (Phi) is 8.92. The van der Waals surface area contributed by atoms with Gasteiger partial charge in [0.25, 0.3) is 5.91 Å². The van der Waals surface area contributed by atoms with Gasteiger partial charge in [-0.2, -0.15) is 26.3 Å². The highest BCUT2D eigenvalue weighted by molar-refractivity contribution is 5.97. The fourth-order valence-corrected chi connectivity index (χ4v) is 5.27. The molecular weight excluding hydrogens is 568 g/mol. The molecule has 2 fully saturated rings. The summed E-state index contributed by atoms with van der Waals surface area (Å²) in [5, 5.41) is 4.95. The molecule has 2 saturated heterocycles. The second kappa shape index (κ2) is 12.1. The van der Waals surface area contributed by atoms with E-state index in [0.29, 0.717) is 18.7 Å². The standard InChI is InChI=1S/C28H31F6N5O3/c1-2-3-11-35-23(40)17-38-18-39(22-7-5-4-6-8-22)26(24(38)41)9-12-37(13-10-26)25(42)36-21-15-19(27(29,30)31)14-20(16-21)28(32,33)34/h4-8,14-16H,2-3,9-13,17-18H2,1H3,(H,35,40)(H,36,42). The van der Waals surface area contributed by atoms with Gasteiger partial charge in [-0.3, -0.25) is 9.59 Å². The van der Waals surface area contributed by atoms with Crippen molar-refractivity contribution in [3.05, 3.63) is 59.7 Å². The average molecular weight is 600 g/mol. The van der Waals surface area contributed by atoms with Crippen molar-refractivity contribution in [2.75, 3.05) is 43.1 Å². The molecule has 2 aliphatic rings. The zero-order valence-corrected chi connectivity index (χ0v) is 22.8. The fraction of sp³-hybridized carbons (Fsp3) is 0.464. The van der Waals surface area contributed by atoms with Gasteiger partial charge in [0.2, 0.25) is 5.91 Å². The van der Waals surface area contributed by atoms with E-state index >= 15 is 0 Å². The molecule has 0 radical (unpaired) electrons. The number of hydrogen-bond donors (Lipinski definition) is 2. The second-order valence-corrected chi connectivity index (χ2v) is 10.4. The third-order valence-corrected chi connectivity index (χ3v) is 7.49. The van der Waals surface area contributed by atoms with Crippen molar-refractivity contribution < 1.29 is 40.7 Å². The van der Waals surface area contributed by atoms with Crippen LogP contribution in [-0.4, -0.2) is 66.0 Å². The van der Waals surface area contributed by atoms with Crippen LogP contribution in [0.4, 0.5) is 42.5 Å². The lowest BCUT2D eigenvalue weighted by Gasteiger charge is -2.43. The van der Waals surface area contributed by atoms with Gasteiger partial charge in [0.15, 0.2) is 0 Å². The number of likely N-dealkylation sites (tertiary alicyclic amines) is 1. The molecule has 228 valence electrons. The third-order valence-electron chi connectivity index (χ3n) is 7.49. The normalized spacial score (nSPS) is 17.1. The molecule has 2 aliphatic heterocycles. The summed E-state index contributed by atoms with van der Waals surface area (Å²) >= 11 is 0. The Morgan fingerprint density at radius 2 is 1.52 bits per heavy atom. The van der Waals surface area contributed by atoms with Gasteiger partial charge in [-0.05, 0) is 49.6 Å². The van der Waals surface area contributed by atoms with Gasteiger partial charge in [-0.25, -0.2) is 4.79 Å². The Bertz CT molecular complexity index is 1260. The number of nitrogens with one attached hydrogen (secondary N) is 2. The summed E-state index contributed by atoms with van der Waals surface area (Å²) in [6, 6.07) is 9.06. The van der Waals surface area contributed by atoms with Crippen LogP contribution in [0.5, 0.6) is 0 Å². The average Bonchev–Trinajstić information content (AvgIpc) is 3.19. The molecular formula is C28H31F6N5O3. The molecule has 2 N–H and O–H groups in total. The molecule has 0 atom stereocenters. The number of unbranched alkanes of at least 4 members (excludes halogenated alkanes) is 1. The minimum Gasteiger partial charge on any atom is -0.355 e. The van der Waals surface area contributed by atoms with Crippen LogP contribution < -0.4 is 15.5 Å². The molecule has 4 amide bonds. The Morgan fingerprint density at radius 1 is 0.929 bits per heavy atom. The highest BCUT2D eigenvalue weighted by Crippen LogP contribution is 2.40. The Morgan fingerprint density at radius 3 is 2.07 bits per heavy atom. The smallest absolute Gasteiger partial charge is 0.355 e. The van der Waals surface area contributed by atoms with Crippen LogP contribution in [0.1, 0.15) is 43.7 Å². The maximum Gasteiger partial charge on any atom is 0.416 e. The number of carbonyl (C=O) groups is 3. The van der Waals surface area contributed by atoms with Crippen LogP contribution in [0.25, 0.3) is 0 Å². The SMILES string of the molecule is CCCCNC(=O)CN1CN(c2ccccc2)C2(CCN(C(=O)Nc3cc(C(F)(F)F)cc(C(F)(F)F)c3)CC2)C1=O. The number of benzene rings is 2. The van der Waals surface area contributed by atoms with Crippen molar-refractivity contribution >= 4 is 29.2 Å². The largest absolute Gasteiger partial charge is 0.416 e. The minimum atomic E-state index is -5.05. The van der Waals surface area contributed by atoms with Gasteiger partial charge in [0.05, 0.1) is 17.8 Å². The zero-order chi connectivity index (χ0) is 30.7. The lowest BCUT2D eigenvalue weighted by Crippen LogP contribution is -2.58. The van der Waals surface area contributed by atoms with E-state index in [1.54, 1.807) is 12.1 Å². The first-order valence-corrected chi connectivity index (χ1v) is 13.5. The molecule has 2 aromatic carbocycles. The molecule has 0 bridgehead atoms. The van der Waals surface area contributed by atoms with E-state index in [2.05, 4.69) is 10.6 Å². The highest BCUT2D eigenvalue weighted by Gasteiger charge is 2.54. The van der Waals surface area contributed by atoms with Crippen molar-refractivity contribution in [2.45, 2.75) is 50.5 Å². The molecule has 2 aromatic rings. The molecule has 14 heteroatoms. The van der Waals surface area contributed by atoms with Gasteiger partial charge in [-0.15, -0.1) is 0 Å². The predicted molar refractivity (Wildman–Crippen MR) is 142 cm³/mol. The topological polar surface area (TPSA) is 85.0 Å². The quantitative estimate of drug-likeness (QED) is 0.334. The molecule has 8 nitrogen and oxygen atoms in total. The first-order chi connectivity index (χ1) is 19.7. The number of hydrogen-bond acceptors (Lipinski definition) is 4. The van der Waals surface area contributed by atoms with Crippen LogP contribution in [0.3, 0.4) is 0 Å². The summed E-state index contributed by atoms with van der Waals surface area (Å²) in [6.07, 6.45) is -8.14. The lowest BCUT2D eigenvalue weighted by molar-refractivity contribution is -0.143. The van der Waals surface area contributed by atoms with Crippen molar-refractivity contribution in [3.63, 3.8) is 0 Å². The lowest BCUT2D eigenvalue weighted by atomic mass is 9.85. The number of urea groups is 1. The van der Waals surface area contributed by atoms with E-state index in [0.717, 1.165) is 18.5 Å². The van der Waals surface area contributed by atoms with E-state index < -0.39 is 40.7 Å². The summed E-state index contributed by atoms with van der Waals surface area (Å²) in [6.45, 7) is 2.48. The molecule has 42 heavy (non-hydrogen) atoms. The Hall–Kier alpha value is -3.97. The number of anilines is 2. The van der Waals surface area contributed by atoms with Gasteiger partial charge in [-0.1, -0.05) is 31.5 Å². The van der Waals surface area contributed by atoms with E-state index in [1.165, 1.54) is 9.80 Å². The summed E-state index contributed by atoms with van der Waals surface area (Å²) in [4.78, 5) is 43.8. The van der Waals surface area contributed by atoms with E-state index in [-0.39, 0.29) is 57.0 Å². The molecule has 1 spiro atoms. The van der Waals surface area contributed by atoms with Crippen LogP contribution in [0.15, 0.2) is 48.5 Å². The fourth-order valence-electron chi connectivity index (χ4n) is 5.27. The number of alkyl halides is 6. The molecule has 0 unspecified atom stereocenters. The number of rotatable bonds is 7. The second-order valence-electron chi connectivity index (χ2n) is 10.4. The van der Waals surface area contributed by atoms with Crippen molar-refractivity contribution in [1.29, 1.82) is 0 Å². The van der Waals surface area contributed by atoms with Crippen molar-refractivity contribution in [3.8, 4) is 0 Å². The number of para-hydroxylation sites is 1. The summed E-state index contributed by atoms with van der Waals surface area (Å²) < 4.78 is 79.5. The third kappa shape index (κ3) is 6.73. The van der Waals surface area contributed by atoms with Gasteiger partial charge >= 0.3 is 18.4 Å². The van der Waals surface area contributed by atoms with Crippen LogP contribution in [0, 0.1) is 0 Å². The monoisotopic (exact) mass is 599 g/mol. The van der Waals surface area contributed by atoms with E-state index in [9.17, 15) is 40.7 Å². The molecule has 0 aromatic heterocycles. The first kappa shape index (κ1) is 31.0. The summed E-state index contributed by atoms with van der Waals surface area (Å²) in [5.74, 6) is -0.581. The Labute approximate surface area is 238 Å². The van der Waals surface area contributed by atoms with Crippen molar-refractivity contribution in [2.24, 2.45) is 0 Å². The first-order valence-electron chi connectivity index (χ1n) is 13.5. The number of carbonyl (C=O) groups excluding carboxylic acids is 3. The minimum absolute atomic E-state index is 0.00251. The maximum atomic E-state index is 13.7. The van der Waals surface area contributed by atoms with Gasteiger partial charge < -0.3 is 25.3 Å². The van der Waals surface area contributed by atoms with Crippen molar-refractivity contribution in [1.82, 2.24) is 15.1 Å². The molecule has 4 rings (SSSR count). The number of halogens is 6. The van der Waals surface area contributed by atoms with Gasteiger partial charge in [0, 0.05) is 31.0 Å². The maximum absolute atomic E-state index is 13.7. The van der Waals surface area contributed by atoms with E-state index in [4.69, 9.17) is 0 Å².